The summed E-state index contributed by atoms with van der Waals surface area (Å²) in [5.74, 6) is 1.12. The van der Waals surface area contributed by atoms with E-state index in [0.717, 1.165) is 0 Å². The van der Waals surface area contributed by atoms with E-state index in [0.29, 0.717) is 39.3 Å². The van der Waals surface area contributed by atoms with Crippen LogP contribution in [0.15, 0.2) is 83.4 Å². The van der Waals surface area contributed by atoms with Gasteiger partial charge in [0.05, 0.1) is 11.3 Å². The molecule has 0 aliphatic heterocycles. The lowest BCUT2D eigenvalue weighted by atomic mass is 10.1. The van der Waals surface area contributed by atoms with Crippen molar-refractivity contribution in [2.24, 2.45) is 0 Å². The van der Waals surface area contributed by atoms with E-state index in [1.807, 2.05) is 42.5 Å². The lowest BCUT2D eigenvalue weighted by Gasteiger charge is -2.08. The van der Waals surface area contributed by atoms with Crippen LogP contribution in [0.1, 0.15) is 16.2 Å². The number of nitrogens with one attached hydrogen (secondary N) is 1. The van der Waals surface area contributed by atoms with E-state index in [9.17, 15) is 4.79 Å². The number of hydrogen-bond donors (Lipinski definition) is 1. The molecule has 3 aromatic carbocycles. The molecule has 4 rings (SSSR count). The highest BCUT2D eigenvalue weighted by Gasteiger charge is 2.15. The summed E-state index contributed by atoms with van der Waals surface area (Å²) in [4.78, 5) is 16.9. The Labute approximate surface area is 172 Å². The highest BCUT2D eigenvalue weighted by molar-refractivity contribution is 6.31. The summed E-state index contributed by atoms with van der Waals surface area (Å²) in [6.45, 7) is 0.171. The molecule has 0 fully saturated rings. The number of para-hydroxylation sites is 2. The van der Waals surface area contributed by atoms with Crippen molar-refractivity contribution in [3.8, 4) is 17.2 Å². The number of ether oxygens (including phenoxy) is 1. The van der Waals surface area contributed by atoms with Crippen molar-refractivity contribution in [1.29, 1.82) is 0 Å². The fourth-order valence-electron chi connectivity index (χ4n) is 2.69. The number of amides is 1. The van der Waals surface area contributed by atoms with Gasteiger partial charge in [0.2, 0.25) is 5.82 Å². The van der Waals surface area contributed by atoms with E-state index in [-0.39, 0.29) is 12.5 Å². The predicted octanol–water partition coefficient (Wildman–Crippen LogP) is 5.22. The van der Waals surface area contributed by atoms with Crippen molar-refractivity contribution in [3.05, 3.63) is 95.3 Å². The topological polar surface area (TPSA) is 77.2 Å². The van der Waals surface area contributed by atoms with Crippen LogP contribution in [0.5, 0.6) is 5.75 Å². The van der Waals surface area contributed by atoms with Gasteiger partial charge in [-0.05, 0) is 42.5 Å². The number of anilines is 1. The number of aromatic nitrogens is 2. The Morgan fingerprint density at radius 3 is 2.62 bits per heavy atom. The van der Waals surface area contributed by atoms with Crippen LogP contribution in [-0.2, 0) is 6.61 Å². The minimum absolute atomic E-state index is 0.171. The molecule has 1 heterocycles. The van der Waals surface area contributed by atoms with Gasteiger partial charge < -0.3 is 14.6 Å². The molecule has 144 valence electrons. The summed E-state index contributed by atoms with van der Waals surface area (Å²) in [7, 11) is 0. The molecule has 0 saturated carbocycles. The average molecular weight is 406 g/mol. The van der Waals surface area contributed by atoms with Crippen molar-refractivity contribution < 1.29 is 14.1 Å². The van der Waals surface area contributed by atoms with Crippen LogP contribution < -0.4 is 10.1 Å². The van der Waals surface area contributed by atoms with Crippen LogP contribution in [0, 0.1) is 0 Å². The van der Waals surface area contributed by atoms with Crippen LogP contribution in [0.2, 0.25) is 5.02 Å². The van der Waals surface area contributed by atoms with Gasteiger partial charge in [0.1, 0.15) is 5.75 Å². The fraction of sp³-hybridized carbons (Fsp3) is 0.0455. The zero-order chi connectivity index (χ0) is 20.1. The van der Waals surface area contributed by atoms with E-state index in [2.05, 4.69) is 15.5 Å². The second-order valence-corrected chi connectivity index (χ2v) is 6.56. The normalized spacial score (nSPS) is 10.5. The Morgan fingerprint density at radius 1 is 1.00 bits per heavy atom. The van der Waals surface area contributed by atoms with Gasteiger partial charge in [-0.15, -0.1) is 0 Å². The smallest absolute Gasteiger partial charge is 0.260 e. The number of hydrogen-bond acceptors (Lipinski definition) is 5. The van der Waals surface area contributed by atoms with Gasteiger partial charge in [-0.3, -0.25) is 4.79 Å². The van der Waals surface area contributed by atoms with Crippen LogP contribution in [0.3, 0.4) is 0 Å². The number of benzene rings is 3. The molecule has 6 nitrogen and oxygen atoms in total. The molecule has 0 atom stereocenters. The summed E-state index contributed by atoms with van der Waals surface area (Å²) in [6, 6.07) is 23.3. The summed E-state index contributed by atoms with van der Waals surface area (Å²) >= 11 is 5.97. The molecule has 0 aliphatic carbocycles. The molecule has 29 heavy (non-hydrogen) atoms. The van der Waals surface area contributed by atoms with Crippen molar-refractivity contribution in [1.82, 2.24) is 10.1 Å². The van der Waals surface area contributed by atoms with E-state index >= 15 is 0 Å². The van der Waals surface area contributed by atoms with E-state index in [1.165, 1.54) is 0 Å². The van der Waals surface area contributed by atoms with Crippen molar-refractivity contribution in [2.45, 2.75) is 6.61 Å². The first-order valence-electron chi connectivity index (χ1n) is 8.86. The fourth-order valence-corrected chi connectivity index (χ4v) is 2.88. The van der Waals surface area contributed by atoms with Crippen LogP contribution in [0.25, 0.3) is 11.5 Å². The maximum atomic E-state index is 12.6. The standard InChI is InChI=1S/C22H16ClN3O3/c23-16-8-6-7-15(13-16)21(27)24-19-12-5-4-11-18(19)22-25-20(26-29-22)14-28-17-9-2-1-3-10-17/h1-13H,14H2,(H,24,27). The van der Waals surface area contributed by atoms with Gasteiger partial charge in [-0.1, -0.05) is 53.2 Å². The molecule has 1 aromatic heterocycles. The van der Waals surface area contributed by atoms with Crippen molar-refractivity contribution in [3.63, 3.8) is 0 Å². The van der Waals surface area contributed by atoms with E-state index in [4.69, 9.17) is 20.9 Å². The molecule has 0 unspecified atom stereocenters. The SMILES string of the molecule is O=C(Nc1ccccc1-c1nc(COc2ccccc2)no1)c1cccc(Cl)c1. The number of halogens is 1. The van der Waals surface area contributed by atoms with Gasteiger partial charge in [0.25, 0.3) is 11.8 Å². The summed E-state index contributed by atoms with van der Waals surface area (Å²) in [6.07, 6.45) is 0. The maximum absolute atomic E-state index is 12.6. The summed E-state index contributed by atoms with van der Waals surface area (Å²) < 4.78 is 11.0. The Bertz CT molecular complexity index is 1130. The lowest BCUT2D eigenvalue weighted by Crippen LogP contribution is -2.12. The monoisotopic (exact) mass is 405 g/mol. The Kier molecular flexibility index (Phi) is 5.54. The number of carbonyl (C=O) groups excluding carboxylic acids is 1. The molecule has 1 amide bonds. The van der Waals surface area contributed by atoms with Gasteiger partial charge in [0.15, 0.2) is 6.61 Å². The third-order valence-corrected chi connectivity index (χ3v) is 4.31. The first-order valence-corrected chi connectivity index (χ1v) is 9.23. The zero-order valence-electron chi connectivity index (χ0n) is 15.2. The van der Waals surface area contributed by atoms with Crippen LogP contribution in [-0.4, -0.2) is 16.0 Å². The molecular formula is C22H16ClN3O3. The van der Waals surface area contributed by atoms with E-state index < -0.39 is 0 Å². The quantitative estimate of drug-likeness (QED) is 0.475. The zero-order valence-corrected chi connectivity index (χ0v) is 16.0. The van der Waals surface area contributed by atoms with Gasteiger partial charge in [0, 0.05) is 10.6 Å². The minimum Gasteiger partial charge on any atom is -0.485 e. The maximum Gasteiger partial charge on any atom is 0.260 e. The molecule has 1 N–H and O–H groups in total. The number of nitrogens with zero attached hydrogens (tertiary/aromatic N) is 2. The van der Waals surface area contributed by atoms with Crippen molar-refractivity contribution in [2.75, 3.05) is 5.32 Å². The first kappa shape index (κ1) is 18.7. The van der Waals surface area contributed by atoms with Crippen LogP contribution in [0.4, 0.5) is 5.69 Å². The van der Waals surface area contributed by atoms with Gasteiger partial charge >= 0.3 is 0 Å². The molecule has 0 aliphatic rings. The molecule has 0 spiro atoms. The molecular weight excluding hydrogens is 390 g/mol. The third kappa shape index (κ3) is 4.62. The summed E-state index contributed by atoms with van der Waals surface area (Å²) in [5.41, 5.74) is 1.62. The highest BCUT2D eigenvalue weighted by Crippen LogP contribution is 2.27. The minimum atomic E-state index is -0.285. The van der Waals surface area contributed by atoms with Crippen LogP contribution >= 0.6 is 11.6 Å². The van der Waals surface area contributed by atoms with Crippen molar-refractivity contribution >= 4 is 23.2 Å². The predicted molar refractivity (Wildman–Crippen MR) is 110 cm³/mol. The lowest BCUT2D eigenvalue weighted by molar-refractivity contribution is 0.102. The molecule has 0 radical (unpaired) electrons. The van der Waals surface area contributed by atoms with Gasteiger partial charge in [-0.2, -0.15) is 4.98 Å². The van der Waals surface area contributed by atoms with Gasteiger partial charge in [-0.25, -0.2) is 0 Å². The first-order chi connectivity index (χ1) is 14.2. The molecule has 7 heteroatoms. The molecule has 0 bridgehead atoms. The Morgan fingerprint density at radius 2 is 1.79 bits per heavy atom. The second kappa shape index (κ2) is 8.58. The highest BCUT2D eigenvalue weighted by atomic mass is 35.5. The average Bonchev–Trinajstić information content (AvgIpc) is 3.22. The summed E-state index contributed by atoms with van der Waals surface area (Å²) in [5, 5.41) is 7.31. The van der Waals surface area contributed by atoms with E-state index in [1.54, 1.807) is 36.4 Å². The number of rotatable bonds is 6. The Balaban J connectivity index is 1.51. The second-order valence-electron chi connectivity index (χ2n) is 6.13. The largest absolute Gasteiger partial charge is 0.485 e. The molecule has 4 aromatic rings. The third-order valence-electron chi connectivity index (χ3n) is 4.07. The molecule has 0 saturated heterocycles. The Hall–Kier alpha value is -3.64. The number of carbonyl (C=O) groups is 1.